The Hall–Kier alpha value is -1.88. The number of carbonyl (C=O) groups is 2. The van der Waals surface area contributed by atoms with E-state index < -0.39 is 5.97 Å². The summed E-state index contributed by atoms with van der Waals surface area (Å²) in [5, 5.41) is 11.7. The molecule has 0 bridgehead atoms. The van der Waals surface area contributed by atoms with Crippen molar-refractivity contribution in [3.8, 4) is 0 Å². The molecule has 1 fully saturated rings. The highest BCUT2D eigenvalue weighted by Gasteiger charge is 2.14. The summed E-state index contributed by atoms with van der Waals surface area (Å²) in [5.74, 6) is -0.941. The maximum atomic E-state index is 11.7. The summed E-state index contributed by atoms with van der Waals surface area (Å²) in [6, 6.07) is 6.62. The standard InChI is InChI=1S/C17H23NO4/c19-16(18-11-12-22-15-3-1-2-4-15)10-7-13-5-8-14(9-6-13)17(20)21/h5-6,8-9,15H,1-4,7,10-12H2,(H,18,19)(H,20,21). The third-order valence-corrected chi connectivity index (χ3v) is 3.92. The predicted octanol–water partition coefficient (Wildman–Crippen LogP) is 2.39. The normalized spacial score (nSPS) is 14.9. The van der Waals surface area contributed by atoms with Crippen LogP contribution in [0, 0.1) is 0 Å². The van der Waals surface area contributed by atoms with Crippen molar-refractivity contribution in [1.82, 2.24) is 5.32 Å². The fraction of sp³-hybridized carbons (Fsp3) is 0.529. The number of aryl methyl sites for hydroxylation is 1. The van der Waals surface area contributed by atoms with Crippen molar-refractivity contribution in [3.05, 3.63) is 35.4 Å². The minimum absolute atomic E-state index is 0.00247. The molecule has 5 heteroatoms. The van der Waals surface area contributed by atoms with Gasteiger partial charge in [-0.2, -0.15) is 0 Å². The lowest BCUT2D eigenvalue weighted by Crippen LogP contribution is -2.28. The first kappa shape index (κ1) is 16.5. The number of carbonyl (C=O) groups excluding carboxylic acids is 1. The Morgan fingerprint density at radius 1 is 1.18 bits per heavy atom. The van der Waals surface area contributed by atoms with Gasteiger partial charge in [0.05, 0.1) is 18.3 Å². The molecule has 0 spiro atoms. The zero-order chi connectivity index (χ0) is 15.8. The monoisotopic (exact) mass is 305 g/mol. The average Bonchev–Trinajstić information content (AvgIpc) is 3.03. The molecule has 0 radical (unpaired) electrons. The molecule has 120 valence electrons. The zero-order valence-corrected chi connectivity index (χ0v) is 12.7. The van der Waals surface area contributed by atoms with Crippen molar-refractivity contribution in [2.75, 3.05) is 13.2 Å². The highest BCUT2D eigenvalue weighted by atomic mass is 16.5. The minimum atomic E-state index is -0.938. The van der Waals surface area contributed by atoms with E-state index in [1.807, 2.05) is 0 Å². The average molecular weight is 305 g/mol. The molecule has 1 aliphatic carbocycles. The molecule has 1 amide bonds. The third-order valence-electron chi connectivity index (χ3n) is 3.92. The van der Waals surface area contributed by atoms with E-state index in [2.05, 4.69) is 5.32 Å². The molecule has 0 heterocycles. The third kappa shape index (κ3) is 5.48. The van der Waals surface area contributed by atoms with Crippen LogP contribution in [0.15, 0.2) is 24.3 Å². The van der Waals surface area contributed by atoms with E-state index in [1.54, 1.807) is 24.3 Å². The van der Waals surface area contributed by atoms with Crippen LogP contribution in [0.2, 0.25) is 0 Å². The number of hydrogen-bond acceptors (Lipinski definition) is 3. The Morgan fingerprint density at radius 3 is 2.50 bits per heavy atom. The van der Waals surface area contributed by atoms with Gasteiger partial charge in [0.2, 0.25) is 5.91 Å². The Kier molecular flexibility index (Phi) is 6.40. The molecule has 0 unspecified atom stereocenters. The number of ether oxygens (including phenoxy) is 1. The molecular formula is C17H23NO4. The molecule has 0 aromatic heterocycles. The molecule has 2 N–H and O–H groups in total. The summed E-state index contributed by atoms with van der Waals surface area (Å²) in [5.41, 5.74) is 1.22. The Balaban J connectivity index is 1.59. The van der Waals surface area contributed by atoms with Gasteiger partial charge in [0, 0.05) is 13.0 Å². The number of rotatable bonds is 8. The molecule has 2 rings (SSSR count). The lowest BCUT2D eigenvalue weighted by atomic mass is 10.1. The van der Waals surface area contributed by atoms with E-state index in [1.165, 1.54) is 12.8 Å². The molecule has 1 saturated carbocycles. The Morgan fingerprint density at radius 2 is 1.86 bits per heavy atom. The number of benzene rings is 1. The van der Waals surface area contributed by atoms with E-state index >= 15 is 0 Å². The quantitative estimate of drug-likeness (QED) is 0.723. The number of hydrogen-bond donors (Lipinski definition) is 2. The van der Waals surface area contributed by atoms with Gasteiger partial charge in [0.15, 0.2) is 0 Å². The van der Waals surface area contributed by atoms with E-state index in [0.29, 0.717) is 32.1 Å². The van der Waals surface area contributed by atoms with Crippen LogP contribution in [0.1, 0.15) is 48.0 Å². The van der Waals surface area contributed by atoms with Gasteiger partial charge in [0.1, 0.15) is 0 Å². The topological polar surface area (TPSA) is 75.6 Å². The van der Waals surface area contributed by atoms with Crippen LogP contribution in [-0.4, -0.2) is 36.2 Å². The first-order chi connectivity index (χ1) is 10.6. The van der Waals surface area contributed by atoms with Crippen LogP contribution in [0.25, 0.3) is 0 Å². The van der Waals surface area contributed by atoms with Gasteiger partial charge in [-0.05, 0) is 37.0 Å². The fourth-order valence-electron chi connectivity index (χ4n) is 2.63. The second kappa shape index (κ2) is 8.54. The lowest BCUT2D eigenvalue weighted by molar-refractivity contribution is -0.121. The summed E-state index contributed by atoms with van der Waals surface area (Å²) < 4.78 is 5.68. The molecule has 5 nitrogen and oxygen atoms in total. The van der Waals surface area contributed by atoms with Gasteiger partial charge in [-0.3, -0.25) is 4.79 Å². The number of amides is 1. The number of carboxylic acids is 1. The van der Waals surface area contributed by atoms with Crippen molar-refractivity contribution >= 4 is 11.9 Å². The predicted molar refractivity (Wildman–Crippen MR) is 82.9 cm³/mol. The summed E-state index contributed by atoms with van der Waals surface area (Å²) in [7, 11) is 0. The molecule has 0 saturated heterocycles. The van der Waals surface area contributed by atoms with Crippen molar-refractivity contribution in [3.63, 3.8) is 0 Å². The molecule has 1 aromatic rings. The Bertz CT molecular complexity index is 492. The maximum Gasteiger partial charge on any atom is 0.335 e. The van der Waals surface area contributed by atoms with Crippen LogP contribution in [-0.2, 0) is 16.0 Å². The first-order valence-electron chi connectivity index (χ1n) is 7.85. The van der Waals surface area contributed by atoms with Gasteiger partial charge in [-0.15, -0.1) is 0 Å². The smallest absolute Gasteiger partial charge is 0.335 e. The second-order valence-corrected chi connectivity index (χ2v) is 5.63. The molecule has 1 aliphatic rings. The van der Waals surface area contributed by atoms with E-state index in [0.717, 1.165) is 18.4 Å². The van der Waals surface area contributed by atoms with Crippen molar-refractivity contribution in [2.45, 2.75) is 44.6 Å². The molecule has 0 atom stereocenters. The maximum absolute atomic E-state index is 11.7. The van der Waals surface area contributed by atoms with Crippen LogP contribution >= 0.6 is 0 Å². The Labute approximate surface area is 130 Å². The van der Waals surface area contributed by atoms with Gasteiger partial charge in [-0.25, -0.2) is 4.79 Å². The number of carboxylic acid groups (broad SMARTS) is 1. The summed E-state index contributed by atoms with van der Waals surface area (Å²) >= 11 is 0. The summed E-state index contributed by atoms with van der Waals surface area (Å²) in [4.78, 5) is 22.5. The SMILES string of the molecule is O=C(CCc1ccc(C(=O)O)cc1)NCCOC1CCCC1. The van der Waals surface area contributed by atoms with E-state index in [-0.39, 0.29) is 11.5 Å². The largest absolute Gasteiger partial charge is 0.478 e. The number of aromatic carboxylic acids is 1. The minimum Gasteiger partial charge on any atom is -0.478 e. The molecule has 22 heavy (non-hydrogen) atoms. The van der Waals surface area contributed by atoms with Crippen molar-refractivity contribution < 1.29 is 19.4 Å². The van der Waals surface area contributed by atoms with Crippen LogP contribution in [0.3, 0.4) is 0 Å². The van der Waals surface area contributed by atoms with Crippen molar-refractivity contribution in [1.29, 1.82) is 0 Å². The van der Waals surface area contributed by atoms with Gasteiger partial charge < -0.3 is 15.2 Å². The highest BCUT2D eigenvalue weighted by Crippen LogP contribution is 2.20. The van der Waals surface area contributed by atoms with E-state index in [4.69, 9.17) is 9.84 Å². The zero-order valence-electron chi connectivity index (χ0n) is 12.7. The summed E-state index contributed by atoms with van der Waals surface area (Å²) in [6.07, 6.45) is 6.16. The van der Waals surface area contributed by atoms with E-state index in [9.17, 15) is 9.59 Å². The van der Waals surface area contributed by atoms with Crippen molar-refractivity contribution in [2.24, 2.45) is 0 Å². The molecule has 0 aliphatic heterocycles. The second-order valence-electron chi connectivity index (χ2n) is 5.63. The van der Waals surface area contributed by atoms with Gasteiger partial charge in [0.25, 0.3) is 0 Å². The molecular weight excluding hydrogens is 282 g/mol. The highest BCUT2D eigenvalue weighted by molar-refractivity contribution is 5.87. The van der Waals surface area contributed by atoms with Crippen LogP contribution in [0.5, 0.6) is 0 Å². The first-order valence-corrected chi connectivity index (χ1v) is 7.85. The van der Waals surface area contributed by atoms with Gasteiger partial charge in [-0.1, -0.05) is 25.0 Å². The molecule has 1 aromatic carbocycles. The van der Waals surface area contributed by atoms with Gasteiger partial charge >= 0.3 is 5.97 Å². The van der Waals surface area contributed by atoms with Crippen LogP contribution in [0.4, 0.5) is 0 Å². The van der Waals surface area contributed by atoms with Crippen LogP contribution < -0.4 is 5.32 Å². The number of nitrogens with one attached hydrogen (secondary N) is 1. The lowest BCUT2D eigenvalue weighted by Gasteiger charge is -2.11. The fourth-order valence-corrected chi connectivity index (χ4v) is 2.63. The summed E-state index contributed by atoms with van der Waals surface area (Å²) in [6.45, 7) is 1.12.